The molecule has 2 aromatic rings. The smallest absolute Gasteiger partial charge is 0.435 e. The van der Waals surface area contributed by atoms with Crippen LogP contribution in [0.4, 0.5) is 13.2 Å². The number of esters is 1. The molecular formula is C29H37F3N4O6. The summed E-state index contributed by atoms with van der Waals surface area (Å²) in [6, 6.07) is 6.50. The monoisotopic (exact) mass is 594 g/mol. The number of ether oxygens (including phenoxy) is 4. The van der Waals surface area contributed by atoms with Crippen molar-refractivity contribution >= 4 is 17.4 Å². The van der Waals surface area contributed by atoms with Crippen molar-refractivity contribution < 1.29 is 41.7 Å². The van der Waals surface area contributed by atoms with E-state index in [9.17, 15) is 22.8 Å². The molecule has 1 aromatic heterocycles. The average Bonchev–Trinajstić information content (AvgIpc) is 3.35. The summed E-state index contributed by atoms with van der Waals surface area (Å²) < 4.78 is 64.2. The first kappa shape index (κ1) is 31.5. The number of nitrogens with one attached hydrogen (secondary N) is 1. The summed E-state index contributed by atoms with van der Waals surface area (Å²) in [5.41, 5.74) is -2.69. The number of carbonyl (C=O) groups excluding carboxylic acids is 2. The van der Waals surface area contributed by atoms with Gasteiger partial charge in [0.1, 0.15) is 17.9 Å². The van der Waals surface area contributed by atoms with E-state index in [1.807, 2.05) is 0 Å². The molecule has 230 valence electrons. The van der Waals surface area contributed by atoms with Gasteiger partial charge in [0.2, 0.25) is 0 Å². The van der Waals surface area contributed by atoms with Crippen LogP contribution in [0.15, 0.2) is 30.0 Å². The van der Waals surface area contributed by atoms with Crippen LogP contribution in [0.3, 0.4) is 0 Å². The molecule has 13 heteroatoms. The predicted molar refractivity (Wildman–Crippen MR) is 147 cm³/mol. The maximum atomic E-state index is 14.1. The molecule has 42 heavy (non-hydrogen) atoms. The standard InChI is InChI=1S/C29H37F3N4O6/c1-18(2)42-27(38)22-21(16-39-5)36(17-28(3,4)23-24(22)33-34-25(23)29(30,31)32)26(37)19-6-8-20(9-7-19)41-15-12-35-10-13-40-14-11-35/h6-9,18H,10-17H2,1-5H3,(H,33,34). The average molecular weight is 595 g/mol. The summed E-state index contributed by atoms with van der Waals surface area (Å²) >= 11 is 0. The Morgan fingerprint density at radius 1 is 1.14 bits per heavy atom. The minimum Gasteiger partial charge on any atom is -0.492 e. The molecule has 2 aliphatic rings. The number of fused-ring (bicyclic) bond motifs is 1. The second kappa shape index (κ2) is 12.8. The lowest BCUT2D eigenvalue weighted by atomic mass is 9.81. The molecule has 1 aromatic carbocycles. The van der Waals surface area contributed by atoms with E-state index in [1.54, 1.807) is 52.0 Å². The van der Waals surface area contributed by atoms with Crippen LogP contribution in [0.1, 0.15) is 55.0 Å². The molecule has 10 nitrogen and oxygen atoms in total. The third-order valence-corrected chi connectivity index (χ3v) is 7.08. The quantitative estimate of drug-likeness (QED) is 0.436. The van der Waals surface area contributed by atoms with Crippen molar-refractivity contribution in [3.8, 4) is 5.75 Å². The van der Waals surface area contributed by atoms with Gasteiger partial charge in [0.15, 0.2) is 5.69 Å². The van der Waals surface area contributed by atoms with Crippen LogP contribution < -0.4 is 4.74 Å². The Bertz CT molecular complexity index is 1300. The zero-order valence-corrected chi connectivity index (χ0v) is 24.5. The van der Waals surface area contributed by atoms with Crippen molar-refractivity contribution in [2.45, 2.75) is 45.4 Å². The fourth-order valence-electron chi connectivity index (χ4n) is 5.18. The number of amides is 1. The molecule has 0 spiro atoms. The Balaban J connectivity index is 1.69. The van der Waals surface area contributed by atoms with Gasteiger partial charge in [-0.05, 0) is 38.1 Å². The Morgan fingerprint density at radius 2 is 1.81 bits per heavy atom. The van der Waals surface area contributed by atoms with Gasteiger partial charge in [-0.3, -0.25) is 14.8 Å². The number of rotatable bonds is 9. The molecule has 0 unspecified atom stereocenters. The molecule has 0 saturated carbocycles. The third kappa shape index (κ3) is 6.96. The molecule has 1 N–H and O–H groups in total. The normalized spacial score (nSPS) is 17.7. The highest BCUT2D eigenvalue weighted by Gasteiger charge is 2.48. The molecular weight excluding hydrogens is 557 g/mol. The number of morpholine rings is 1. The van der Waals surface area contributed by atoms with E-state index >= 15 is 0 Å². The Morgan fingerprint density at radius 3 is 2.40 bits per heavy atom. The number of methoxy groups -OCH3 is 1. The van der Waals surface area contributed by atoms with E-state index in [0.717, 1.165) is 19.6 Å². The van der Waals surface area contributed by atoms with Crippen LogP contribution in [0.2, 0.25) is 0 Å². The van der Waals surface area contributed by atoms with Crippen molar-refractivity contribution in [3.05, 3.63) is 52.5 Å². The van der Waals surface area contributed by atoms with Crippen LogP contribution in [0.5, 0.6) is 5.75 Å². The highest BCUT2D eigenvalue weighted by Crippen LogP contribution is 2.44. The summed E-state index contributed by atoms with van der Waals surface area (Å²) in [6.07, 6.45) is -5.37. The number of alkyl halides is 3. The second-order valence-corrected chi connectivity index (χ2v) is 11.1. The largest absolute Gasteiger partial charge is 0.492 e. The van der Waals surface area contributed by atoms with E-state index in [2.05, 4.69) is 15.1 Å². The lowest BCUT2D eigenvalue weighted by Crippen LogP contribution is -2.41. The summed E-state index contributed by atoms with van der Waals surface area (Å²) in [5.74, 6) is -0.840. The van der Waals surface area contributed by atoms with Crippen molar-refractivity contribution in [1.82, 2.24) is 20.0 Å². The molecule has 1 fully saturated rings. The minimum absolute atomic E-state index is 0.0724. The van der Waals surface area contributed by atoms with Gasteiger partial charge in [0.05, 0.1) is 37.3 Å². The van der Waals surface area contributed by atoms with Gasteiger partial charge >= 0.3 is 12.1 Å². The second-order valence-electron chi connectivity index (χ2n) is 11.1. The Hall–Kier alpha value is -3.42. The van der Waals surface area contributed by atoms with E-state index in [-0.39, 0.29) is 41.2 Å². The van der Waals surface area contributed by atoms with Crippen molar-refractivity contribution in [2.75, 3.05) is 59.7 Å². The minimum atomic E-state index is -4.80. The van der Waals surface area contributed by atoms with Crippen LogP contribution in [-0.2, 0) is 30.6 Å². The van der Waals surface area contributed by atoms with Gasteiger partial charge in [-0.15, -0.1) is 0 Å². The van der Waals surface area contributed by atoms with E-state index in [4.69, 9.17) is 18.9 Å². The molecule has 0 radical (unpaired) electrons. The third-order valence-electron chi connectivity index (χ3n) is 7.08. The van der Waals surface area contributed by atoms with Crippen molar-refractivity contribution in [2.24, 2.45) is 0 Å². The van der Waals surface area contributed by atoms with Crippen LogP contribution in [0, 0.1) is 0 Å². The van der Waals surface area contributed by atoms with Gasteiger partial charge in [0, 0.05) is 49.8 Å². The number of hydrogen-bond acceptors (Lipinski definition) is 8. The van der Waals surface area contributed by atoms with Crippen LogP contribution in [-0.4, -0.2) is 97.7 Å². The summed E-state index contributed by atoms with van der Waals surface area (Å²) in [4.78, 5) is 30.9. The summed E-state index contributed by atoms with van der Waals surface area (Å²) in [7, 11) is 1.37. The molecule has 2 aliphatic heterocycles. The first-order valence-electron chi connectivity index (χ1n) is 13.8. The lowest BCUT2D eigenvalue weighted by molar-refractivity contribution is -0.142. The first-order chi connectivity index (χ1) is 19.8. The van der Waals surface area contributed by atoms with E-state index < -0.39 is 35.3 Å². The maximum Gasteiger partial charge on any atom is 0.435 e. The van der Waals surface area contributed by atoms with Gasteiger partial charge < -0.3 is 23.8 Å². The highest BCUT2D eigenvalue weighted by atomic mass is 19.4. The number of benzene rings is 1. The first-order valence-corrected chi connectivity index (χ1v) is 13.8. The molecule has 0 bridgehead atoms. The van der Waals surface area contributed by atoms with Gasteiger partial charge in [-0.25, -0.2) is 4.79 Å². The molecule has 1 amide bonds. The Kier molecular flexibility index (Phi) is 9.63. The van der Waals surface area contributed by atoms with Crippen LogP contribution >= 0.6 is 0 Å². The van der Waals surface area contributed by atoms with Gasteiger partial charge in [-0.2, -0.15) is 18.3 Å². The zero-order chi connectivity index (χ0) is 30.7. The SMILES string of the molecule is COCC1=C(C(=O)OC(C)C)c2[nH]nc(C(F)(F)F)c2C(C)(C)CN1C(=O)c1ccc(OCCN2CCOCC2)cc1. The lowest BCUT2D eigenvalue weighted by Gasteiger charge is -2.32. The zero-order valence-electron chi connectivity index (χ0n) is 24.5. The number of aromatic amines is 1. The number of nitrogens with zero attached hydrogens (tertiary/aromatic N) is 3. The molecule has 3 heterocycles. The van der Waals surface area contributed by atoms with Crippen molar-refractivity contribution in [3.63, 3.8) is 0 Å². The predicted octanol–water partition coefficient (Wildman–Crippen LogP) is 3.88. The fraction of sp³-hybridized carbons (Fsp3) is 0.552. The topological polar surface area (TPSA) is 106 Å². The highest BCUT2D eigenvalue weighted by molar-refractivity contribution is 6.18. The summed E-state index contributed by atoms with van der Waals surface area (Å²) in [5, 5.41) is 5.97. The molecule has 1 saturated heterocycles. The van der Waals surface area contributed by atoms with Gasteiger partial charge in [-0.1, -0.05) is 13.8 Å². The maximum absolute atomic E-state index is 14.1. The number of hydrogen-bond donors (Lipinski definition) is 1. The molecule has 0 aliphatic carbocycles. The molecule has 4 rings (SSSR count). The molecule has 0 atom stereocenters. The number of aromatic nitrogens is 2. The summed E-state index contributed by atoms with van der Waals surface area (Å²) in [6.45, 7) is 10.2. The van der Waals surface area contributed by atoms with Crippen molar-refractivity contribution in [1.29, 1.82) is 0 Å². The van der Waals surface area contributed by atoms with E-state index in [1.165, 1.54) is 12.0 Å². The number of halogens is 3. The fourth-order valence-corrected chi connectivity index (χ4v) is 5.18. The number of H-pyrrole nitrogens is 1. The van der Waals surface area contributed by atoms with E-state index in [0.29, 0.717) is 25.6 Å². The Labute approximate surface area is 242 Å². The van der Waals surface area contributed by atoms with Crippen LogP contribution in [0.25, 0.3) is 5.57 Å². The van der Waals surface area contributed by atoms with Gasteiger partial charge in [0.25, 0.3) is 5.91 Å². The number of carbonyl (C=O) groups is 2.